The Morgan fingerprint density at radius 2 is 1.76 bits per heavy atom. The summed E-state index contributed by atoms with van der Waals surface area (Å²) in [7, 11) is 0. The maximum Gasteiger partial charge on any atom is 0.416 e. The Morgan fingerprint density at radius 1 is 1.03 bits per heavy atom. The Hall–Kier alpha value is -2.68. The normalized spacial score (nSPS) is 24.3. The predicted molar refractivity (Wildman–Crippen MR) is 124 cm³/mol. The van der Waals surface area contributed by atoms with Gasteiger partial charge in [0.2, 0.25) is 5.91 Å². The molecule has 2 aromatic rings. The highest BCUT2D eigenvalue weighted by molar-refractivity contribution is 5.91. The fourth-order valence-corrected chi connectivity index (χ4v) is 5.68. The largest absolute Gasteiger partial charge is 0.416 e. The SMILES string of the molecule is O=C(CNc1ncnc2ccc(C(F)(F)F)cc12)NC1CN(C2CCC(C3CC=CC3)CC2)C1. The number of benzene rings is 1. The maximum absolute atomic E-state index is 13.1. The molecular formula is C25H30F3N5O. The Bertz CT molecular complexity index is 1050. The van der Waals surface area contributed by atoms with Crippen LogP contribution in [0.15, 0.2) is 36.7 Å². The molecule has 2 aliphatic carbocycles. The highest BCUT2D eigenvalue weighted by Gasteiger charge is 2.36. The Kier molecular flexibility index (Phi) is 6.46. The second-order valence-corrected chi connectivity index (χ2v) is 9.80. The number of carbonyl (C=O) groups excluding carboxylic acids is 1. The van der Waals surface area contributed by atoms with Crippen molar-refractivity contribution in [1.82, 2.24) is 20.2 Å². The number of amides is 1. The van der Waals surface area contributed by atoms with Gasteiger partial charge in [0.25, 0.3) is 0 Å². The maximum atomic E-state index is 13.1. The number of allylic oxidation sites excluding steroid dienone is 2. The summed E-state index contributed by atoms with van der Waals surface area (Å²) in [6.07, 6.45) is 9.04. The smallest absolute Gasteiger partial charge is 0.360 e. The van der Waals surface area contributed by atoms with Gasteiger partial charge in [-0.05, 0) is 68.6 Å². The van der Waals surface area contributed by atoms with Crippen LogP contribution >= 0.6 is 0 Å². The van der Waals surface area contributed by atoms with Crippen LogP contribution in [0.25, 0.3) is 10.9 Å². The zero-order valence-electron chi connectivity index (χ0n) is 19.0. The van der Waals surface area contributed by atoms with Crippen LogP contribution in [-0.4, -0.2) is 52.5 Å². The van der Waals surface area contributed by atoms with Crippen molar-refractivity contribution in [3.63, 3.8) is 0 Å². The van der Waals surface area contributed by atoms with E-state index < -0.39 is 11.7 Å². The van der Waals surface area contributed by atoms with E-state index in [0.29, 0.717) is 11.6 Å². The second kappa shape index (κ2) is 9.52. The molecule has 0 unspecified atom stereocenters. The molecule has 5 rings (SSSR count). The predicted octanol–water partition coefficient (Wildman–Crippen LogP) is 4.39. The zero-order chi connectivity index (χ0) is 23.7. The Balaban J connectivity index is 1.08. The van der Waals surface area contributed by atoms with Crippen molar-refractivity contribution in [3.8, 4) is 0 Å². The van der Waals surface area contributed by atoms with E-state index in [0.717, 1.165) is 37.1 Å². The molecule has 1 saturated heterocycles. The van der Waals surface area contributed by atoms with E-state index in [2.05, 4.69) is 37.7 Å². The highest BCUT2D eigenvalue weighted by atomic mass is 19.4. The molecule has 0 atom stereocenters. The van der Waals surface area contributed by atoms with Gasteiger partial charge in [0, 0.05) is 24.5 Å². The zero-order valence-corrected chi connectivity index (χ0v) is 19.0. The number of alkyl halides is 3. The van der Waals surface area contributed by atoms with Crippen molar-refractivity contribution in [2.24, 2.45) is 11.8 Å². The van der Waals surface area contributed by atoms with Crippen LogP contribution in [-0.2, 0) is 11.0 Å². The monoisotopic (exact) mass is 473 g/mol. The van der Waals surface area contributed by atoms with Gasteiger partial charge in [-0.15, -0.1) is 0 Å². The van der Waals surface area contributed by atoms with E-state index in [9.17, 15) is 18.0 Å². The first kappa shape index (κ1) is 23.1. The van der Waals surface area contributed by atoms with Crippen molar-refractivity contribution in [1.29, 1.82) is 0 Å². The van der Waals surface area contributed by atoms with Crippen molar-refractivity contribution < 1.29 is 18.0 Å². The highest BCUT2D eigenvalue weighted by Crippen LogP contribution is 2.38. The first-order chi connectivity index (χ1) is 16.4. The van der Waals surface area contributed by atoms with Crippen LogP contribution in [0.4, 0.5) is 19.0 Å². The second-order valence-electron chi connectivity index (χ2n) is 9.80. The fourth-order valence-electron chi connectivity index (χ4n) is 5.68. The topological polar surface area (TPSA) is 70.1 Å². The number of hydrogen-bond acceptors (Lipinski definition) is 5. The van der Waals surface area contributed by atoms with Crippen molar-refractivity contribution in [2.45, 2.75) is 56.8 Å². The van der Waals surface area contributed by atoms with Gasteiger partial charge in [0.1, 0.15) is 12.1 Å². The molecular weight excluding hydrogens is 443 g/mol. The molecule has 182 valence electrons. The molecule has 2 fully saturated rings. The molecule has 1 saturated carbocycles. The van der Waals surface area contributed by atoms with E-state index in [4.69, 9.17) is 0 Å². The van der Waals surface area contributed by atoms with Gasteiger partial charge in [-0.2, -0.15) is 13.2 Å². The number of hydrogen-bond donors (Lipinski definition) is 2. The molecule has 1 aromatic heterocycles. The van der Waals surface area contributed by atoms with Gasteiger partial charge >= 0.3 is 6.18 Å². The number of nitrogens with one attached hydrogen (secondary N) is 2. The van der Waals surface area contributed by atoms with E-state index in [1.54, 1.807) is 0 Å². The number of nitrogens with zero attached hydrogens (tertiary/aromatic N) is 3. The minimum absolute atomic E-state index is 0.0562. The molecule has 1 aliphatic heterocycles. The molecule has 0 bridgehead atoms. The van der Waals surface area contributed by atoms with E-state index in [1.165, 1.54) is 50.9 Å². The summed E-state index contributed by atoms with van der Waals surface area (Å²) < 4.78 is 39.2. The van der Waals surface area contributed by atoms with Crippen molar-refractivity contribution in [3.05, 3.63) is 42.2 Å². The van der Waals surface area contributed by atoms with E-state index >= 15 is 0 Å². The number of halogens is 3. The number of carbonyl (C=O) groups is 1. The molecule has 3 aliphatic rings. The lowest BCUT2D eigenvalue weighted by Gasteiger charge is -2.47. The molecule has 9 heteroatoms. The molecule has 1 aromatic carbocycles. The van der Waals surface area contributed by atoms with Crippen LogP contribution in [0.2, 0.25) is 0 Å². The molecule has 6 nitrogen and oxygen atoms in total. The lowest BCUT2D eigenvalue weighted by Crippen LogP contribution is -2.63. The van der Waals surface area contributed by atoms with Crippen LogP contribution in [0.5, 0.6) is 0 Å². The molecule has 0 spiro atoms. The molecule has 0 radical (unpaired) electrons. The number of rotatable bonds is 6. The third kappa shape index (κ3) is 5.04. The Labute approximate surface area is 197 Å². The van der Waals surface area contributed by atoms with Crippen LogP contribution in [0, 0.1) is 11.8 Å². The molecule has 2 N–H and O–H groups in total. The third-order valence-corrected chi connectivity index (χ3v) is 7.62. The van der Waals surface area contributed by atoms with Gasteiger partial charge in [-0.1, -0.05) is 12.2 Å². The summed E-state index contributed by atoms with van der Waals surface area (Å²) in [6.45, 7) is 1.66. The Morgan fingerprint density at radius 3 is 2.47 bits per heavy atom. The minimum atomic E-state index is -4.46. The van der Waals surface area contributed by atoms with Gasteiger partial charge in [-0.3, -0.25) is 9.69 Å². The van der Waals surface area contributed by atoms with Gasteiger partial charge < -0.3 is 10.6 Å². The molecule has 2 heterocycles. The number of anilines is 1. The summed E-state index contributed by atoms with van der Waals surface area (Å²) in [5, 5.41) is 6.13. The van der Waals surface area contributed by atoms with Gasteiger partial charge in [0.15, 0.2) is 0 Å². The fraction of sp³-hybridized carbons (Fsp3) is 0.560. The first-order valence-electron chi connectivity index (χ1n) is 12.1. The van der Waals surface area contributed by atoms with Crippen LogP contribution < -0.4 is 10.6 Å². The number of aromatic nitrogens is 2. The van der Waals surface area contributed by atoms with Crippen LogP contribution in [0.3, 0.4) is 0 Å². The van der Waals surface area contributed by atoms with Crippen molar-refractivity contribution in [2.75, 3.05) is 25.0 Å². The quantitative estimate of drug-likeness (QED) is 0.610. The first-order valence-corrected chi connectivity index (χ1v) is 12.1. The number of likely N-dealkylation sites (tertiary alicyclic amines) is 1. The van der Waals surface area contributed by atoms with E-state index in [-0.39, 0.29) is 29.7 Å². The van der Waals surface area contributed by atoms with Gasteiger partial charge in [-0.25, -0.2) is 9.97 Å². The average molecular weight is 474 g/mol. The third-order valence-electron chi connectivity index (χ3n) is 7.62. The average Bonchev–Trinajstić information content (AvgIpc) is 3.34. The number of fused-ring (bicyclic) bond motifs is 1. The molecule has 34 heavy (non-hydrogen) atoms. The van der Waals surface area contributed by atoms with Crippen molar-refractivity contribution >= 4 is 22.6 Å². The molecule has 1 amide bonds. The minimum Gasteiger partial charge on any atom is -0.360 e. The lowest BCUT2D eigenvalue weighted by atomic mass is 9.76. The van der Waals surface area contributed by atoms with E-state index in [1.807, 2.05) is 0 Å². The summed E-state index contributed by atoms with van der Waals surface area (Å²) in [5.41, 5.74) is -0.384. The lowest BCUT2D eigenvalue weighted by molar-refractivity contribution is -0.137. The summed E-state index contributed by atoms with van der Waals surface area (Å²) in [4.78, 5) is 23.0. The van der Waals surface area contributed by atoms with Gasteiger partial charge in [0.05, 0.1) is 23.7 Å². The summed E-state index contributed by atoms with van der Waals surface area (Å²) >= 11 is 0. The summed E-state index contributed by atoms with van der Waals surface area (Å²) in [5.74, 6) is 1.74. The van der Waals surface area contributed by atoms with Crippen LogP contribution in [0.1, 0.15) is 44.1 Å². The summed E-state index contributed by atoms with van der Waals surface area (Å²) in [6, 6.07) is 4.05. The standard InChI is InChI=1S/C25H30F3N5O/c26-25(27,28)18-7-10-22-21(11-18)24(31-15-30-22)29-12-23(34)32-19-13-33(14-19)20-8-5-17(6-9-20)16-3-1-2-4-16/h1-2,7,10-11,15-17,19-20H,3-6,8-9,12-14H2,(H,32,34)(H,29,30,31).